The Morgan fingerprint density at radius 3 is 2.58 bits per heavy atom. The molecule has 1 unspecified atom stereocenters. The quantitative estimate of drug-likeness (QED) is 0.835. The minimum Gasteiger partial charge on any atom is -0.496 e. The molecule has 0 aliphatic heterocycles. The predicted octanol–water partition coefficient (Wildman–Crippen LogP) is 2.97. The molecule has 0 aliphatic rings. The van der Waals surface area contributed by atoms with Crippen molar-refractivity contribution in [1.82, 2.24) is 4.98 Å². The van der Waals surface area contributed by atoms with Crippen molar-refractivity contribution in [2.75, 3.05) is 18.6 Å². The first-order valence-electron chi connectivity index (χ1n) is 6.78. The van der Waals surface area contributed by atoms with Crippen LogP contribution in [0.3, 0.4) is 0 Å². The van der Waals surface area contributed by atoms with E-state index in [9.17, 15) is 0 Å². The van der Waals surface area contributed by atoms with Gasteiger partial charge in [0.25, 0.3) is 0 Å². The fraction of sp³-hybridized carbons (Fsp3) is 0.667. The van der Waals surface area contributed by atoms with Crippen molar-refractivity contribution in [2.24, 2.45) is 11.7 Å². The molecular weight excluding hydrogens is 256 g/mol. The summed E-state index contributed by atoms with van der Waals surface area (Å²) in [5.74, 6) is 3.80. The maximum absolute atomic E-state index is 6.19. The fourth-order valence-corrected chi connectivity index (χ4v) is 3.07. The highest BCUT2D eigenvalue weighted by atomic mass is 32.2. The lowest BCUT2D eigenvalue weighted by Crippen LogP contribution is -2.27. The number of pyridine rings is 1. The minimum absolute atomic E-state index is 0.155. The maximum Gasteiger partial charge on any atom is 0.128 e. The Labute approximate surface area is 121 Å². The highest BCUT2D eigenvalue weighted by Crippen LogP contribution is 2.24. The number of rotatable bonds is 7. The molecule has 0 bridgehead atoms. The zero-order valence-electron chi connectivity index (χ0n) is 12.7. The lowest BCUT2D eigenvalue weighted by Gasteiger charge is -2.16. The van der Waals surface area contributed by atoms with Gasteiger partial charge in [0, 0.05) is 41.2 Å². The van der Waals surface area contributed by atoms with E-state index in [4.69, 9.17) is 10.5 Å². The molecule has 4 heteroatoms. The van der Waals surface area contributed by atoms with Gasteiger partial charge >= 0.3 is 0 Å². The van der Waals surface area contributed by atoms with Crippen LogP contribution >= 0.6 is 11.8 Å². The van der Waals surface area contributed by atoms with Crippen LogP contribution in [0.2, 0.25) is 0 Å². The SMILES string of the molecule is COc1c(C)cnc(CC(N)CSCC(C)C)c1C. The summed E-state index contributed by atoms with van der Waals surface area (Å²) in [5.41, 5.74) is 9.44. The summed E-state index contributed by atoms with van der Waals surface area (Å²) in [5, 5.41) is 0. The Morgan fingerprint density at radius 1 is 1.32 bits per heavy atom. The summed E-state index contributed by atoms with van der Waals surface area (Å²) in [6, 6.07) is 0.155. The molecule has 0 spiro atoms. The lowest BCUT2D eigenvalue weighted by molar-refractivity contribution is 0.406. The fourth-order valence-electron chi connectivity index (χ4n) is 2.04. The first-order chi connectivity index (χ1) is 8.95. The Balaban J connectivity index is 2.62. The van der Waals surface area contributed by atoms with Gasteiger partial charge in [0.2, 0.25) is 0 Å². The van der Waals surface area contributed by atoms with Gasteiger partial charge in [-0.1, -0.05) is 13.8 Å². The van der Waals surface area contributed by atoms with Gasteiger partial charge in [0.15, 0.2) is 0 Å². The third-order valence-electron chi connectivity index (χ3n) is 2.99. The molecule has 0 radical (unpaired) electrons. The van der Waals surface area contributed by atoms with Crippen LogP contribution < -0.4 is 10.5 Å². The standard InChI is InChI=1S/C15H26N2OS/c1-10(2)8-19-9-13(16)6-14-12(4)15(18-5)11(3)7-17-14/h7,10,13H,6,8-9,16H2,1-5H3. The second kappa shape index (κ2) is 7.75. The molecule has 1 aromatic rings. The van der Waals surface area contributed by atoms with Gasteiger partial charge in [0.05, 0.1) is 7.11 Å². The van der Waals surface area contributed by atoms with Gasteiger partial charge in [-0.3, -0.25) is 4.98 Å². The van der Waals surface area contributed by atoms with E-state index < -0.39 is 0 Å². The molecular formula is C15H26N2OS. The molecule has 1 aromatic heterocycles. The van der Waals surface area contributed by atoms with Crippen LogP contribution in [-0.4, -0.2) is 29.6 Å². The van der Waals surface area contributed by atoms with E-state index in [2.05, 4.69) is 25.8 Å². The molecule has 1 heterocycles. The van der Waals surface area contributed by atoms with Crippen molar-refractivity contribution < 1.29 is 4.74 Å². The number of ether oxygens (including phenoxy) is 1. The molecule has 0 saturated heterocycles. The van der Waals surface area contributed by atoms with E-state index in [-0.39, 0.29) is 6.04 Å². The summed E-state index contributed by atoms with van der Waals surface area (Å²) in [7, 11) is 1.71. The van der Waals surface area contributed by atoms with E-state index in [1.165, 1.54) is 0 Å². The number of nitrogens with two attached hydrogens (primary N) is 1. The van der Waals surface area contributed by atoms with Gasteiger partial charge in [-0.25, -0.2) is 0 Å². The smallest absolute Gasteiger partial charge is 0.128 e. The Morgan fingerprint density at radius 2 is 2.00 bits per heavy atom. The molecule has 2 N–H and O–H groups in total. The zero-order chi connectivity index (χ0) is 14.4. The van der Waals surface area contributed by atoms with E-state index in [0.717, 1.165) is 46.4 Å². The first kappa shape index (κ1) is 16.3. The molecule has 0 saturated carbocycles. The number of methoxy groups -OCH3 is 1. The van der Waals surface area contributed by atoms with Crippen LogP contribution in [0.4, 0.5) is 0 Å². The number of hydrogen-bond donors (Lipinski definition) is 1. The van der Waals surface area contributed by atoms with Crippen LogP contribution in [0.25, 0.3) is 0 Å². The van der Waals surface area contributed by atoms with Gasteiger partial charge < -0.3 is 10.5 Å². The monoisotopic (exact) mass is 282 g/mol. The van der Waals surface area contributed by atoms with E-state index in [1.807, 2.05) is 24.9 Å². The largest absolute Gasteiger partial charge is 0.496 e. The molecule has 0 amide bonds. The summed E-state index contributed by atoms with van der Waals surface area (Å²) in [4.78, 5) is 4.50. The minimum atomic E-state index is 0.155. The molecule has 0 aliphatic carbocycles. The average Bonchev–Trinajstić information content (AvgIpc) is 2.33. The normalized spacial score (nSPS) is 12.8. The van der Waals surface area contributed by atoms with E-state index in [0.29, 0.717) is 0 Å². The van der Waals surface area contributed by atoms with Crippen LogP contribution in [0.5, 0.6) is 5.75 Å². The number of aryl methyl sites for hydroxylation is 1. The van der Waals surface area contributed by atoms with Crippen molar-refractivity contribution in [3.8, 4) is 5.75 Å². The lowest BCUT2D eigenvalue weighted by atomic mass is 10.1. The van der Waals surface area contributed by atoms with Crippen LogP contribution in [0.1, 0.15) is 30.7 Å². The molecule has 0 fully saturated rings. The summed E-state index contributed by atoms with van der Waals surface area (Å²) >= 11 is 1.92. The van der Waals surface area contributed by atoms with Crippen molar-refractivity contribution >= 4 is 11.8 Å². The van der Waals surface area contributed by atoms with Crippen LogP contribution in [0.15, 0.2) is 6.20 Å². The average molecular weight is 282 g/mol. The number of nitrogens with zero attached hydrogens (tertiary/aromatic N) is 1. The molecule has 1 atom stereocenters. The topological polar surface area (TPSA) is 48.1 Å². The summed E-state index contributed by atoms with van der Waals surface area (Å²) in [6.07, 6.45) is 2.68. The highest BCUT2D eigenvalue weighted by Gasteiger charge is 2.13. The molecule has 1 rings (SSSR count). The van der Waals surface area contributed by atoms with E-state index in [1.54, 1.807) is 7.11 Å². The molecule has 3 nitrogen and oxygen atoms in total. The summed E-state index contributed by atoms with van der Waals surface area (Å²) < 4.78 is 5.42. The third-order valence-corrected chi connectivity index (χ3v) is 4.55. The Bertz CT molecular complexity index is 407. The van der Waals surface area contributed by atoms with Crippen LogP contribution in [-0.2, 0) is 6.42 Å². The Kier molecular flexibility index (Phi) is 6.66. The second-order valence-electron chi connectivity index (χ2n) is 5.44. The maximum atomic E-state index is 6.19. The van der Waals surface area contributed by atoms with Crippen molar-refractivity contribution in [2.45, 2.75) is 40.2 Å². The van der Waals surface area contributed by atoms with Gasteiger partial charge in [0.1, 0.15) is 5.75 Å². The Hall–Kier alpha value is -0.740. The van der Waals surface area contributed by atoms with E-state index >= 15 is 0 Å². The number of hydrogen-bond acceptors (Lipinski definition) is 4. The number of aromatic nitrogens is 1. The van der Waals surface area contributed by atoms with Crippen molar-refractivity contribution in [3.05, 3.63) is 23.0 Å². The second-order valence-corrected chi connectivity index (χ2v) is 6.52. The zero-order valence-corrected chi connectivity index (χ0v) is 13.5. The molecule has 0 aromatic carbocycles. The highest BCUT2D eigenvalue weighted by molar-refractivity contribution is 7.99. The predicted molar refractivity (Wildman–Crippen MR) is 84.1 cm³/mol. The van der Waals surface area contributed by atoms with Crippen molar-refractivity contribution in [3.63, 3.8) is 0 Å². The number of thioether (sulfide) groups is 1. The van der Waals surface area contributed by atoms with Gasteiger partial charge in [-0.05, 0) is 25.5 Å². The first-order valence-corrected chi connectivity index (χ1v) is 7.93. The van der Waals surface area contributed by atoms with Gasteiger partial charge in [-0.2, -0.15) is 11.8 Å². The summed E-state index contributed by atoms with van der Waals surface area (Å²) in [6.45, 7) is 8.54. The van der Waals surface area contributed by atoms with Crippen LogP contribution in [0, 0.1) is 19.8 Å². The third kappa shape index (κ3) is 5.03. The molecule has 108 valence electrons. The molecule has 19 heavy (non-hydrogen) atoms. The van der Waals surface area contributed by atoms with Crippen molar-refractivity contribution in [1.29, 1.82) is 0 Å². The van der Waals surface area contributed by atoms with Gasteiger partial charge in [-0.15, -0.1) is 0 Å².